The monoisotopic (exact) mass is 458 g/mol. The van der Waals surface area contributed by atoms with Gasteiger partial charge < -0.3 is 15.0 Å². The van der Waals surface area contributed by atoms with Crippen LogP contribution < -0.4 is 16.2 Å². The molecule has 33 heavy (non-hydrogen) atoms. The molecule has 9 heteroatoms. The molecule has 0 aliphatic heterocycles. The maximum Gasteiger partial charge on any atom is 0.270 e. The molecule has 1 amide bonds. The highest BCUT2D eigenvalue weighted by Gasteiger charge is 2.11. The van der Waals surface area contributed by atoms with Gasteiger partial charge in [-0.15, -0.1) is 0 Å². The Bertz CT molecular complexity index is 1540. The Labute approximate surface area is 193 Å². The van der Waals surface area contributed by atoms with Crippen molar-refractivity contribution in [2.24, 2.45) is 0 Å². The van der Waals surface area contributed by atoms with Gasteiger partial charge in [-0.2, -0.15) is 0 Å². The van der Waals surface area contributed by atoms with Crippen LogP contribution in [0.3, 0.4) is 0 Å². The molecule has 8 nitrogen and oxygen atoms in total. The summed E-state index contributed by atoms with van der Waals surface area (Å²) in [5, 5.41) is 6.81. The first kappa shape index (κ1) is 20.7. The van der Waals surface area contributed by atoms with Crippen LogP contribution in [0.1, 0.15) is 21.7 Å². The van der Waals surface area contributed by atoms with E-state index in [0.29, 0.717) is 22.9 Å². The van der Waals surface area contributed by atoms with Gasteiger partial charge in [-0.3, -0.25) is 14.0 Å². The molecule has 0 bridgehead atoms. The lowest BCUT2D eigenvalue weighted by Gasteiger charge is -2.07. The fraction of sp³-hybridized carbons (Fsp3) is 0.0833. The molecule has 0 aliphatic carbocycles. The SMILES string of the molecule is O=C(NCc1cn2cc(CNc3cccc(Cl)c3)ccc2n1)c1cc(=O)n2ccccc2n1. The van der Waals surface area contributed by atoms with Gasteiger partial charge in [0.1, 0.15) is 17.0 Å². The maximum absolute atomic E-state index is 12.6. The summed E-state index contributed by atoms with van der Waals surface area (Å²) in [5.74, 6) is -0.429. The zero-order valence-corrected chi connectivity index (χ0v) is 18.2. The zero-order chi connectivity index (χ0) is 22.8. The molecule has 0 atom stereocenters. The lowest BCUT2D eigenvalue weighted by Crippen LogP contribution is -2.27. The van der Waals surface area contributed by atoms with E-state index in [4.69, 9.17) is 11.6 Å². The third-order valence-corrected chi connectivity index (χ3v) is 5.35. The summed E-state index contributed by atoms with van der Waals surface area (Å²) in [6.45, 7) is 0.843. The van der Waals surface area contributed by atoms with Crippen molar-refractivity contribution in [2.45, 2.75) is 13.1 Å². The van der Waals surface area contributed by atoms with Crippen molar-refractivity contribution in [1.29, 1.82) is 0 Å². The van der Waals surface area contributed by atoms with Crippen LogP contribution in [0.25, 0.3) is 11.3 Å². The average molecular weight is 459 g/mol. The van der Waals surface area contributed by atoms with E-state index in [-0.39, 0.29) is 17.8 Å². The van der Waals surface area contributed by atoms with Gasteiger partial charge in [0.2, 0.25) is 0 Å². The van der Waals surface area contributed by atoms with Gasteiger partial charge in [0.05, 0.1) is 12.2 Å². The fourth-order valence-corrected chi connectivity index (χ4v) is 3.70. The fourth-order valence-electron chi connectivity index (χ4n) is 3.51. The summed E-state index contributed by atoms with van der Waals surface area (Å²) >= 11 is 6.03. The van der Waals surface area contributed by atoms with E-state index in [9.17, 15) is 9.59 Å². The van der Waals surface area contributed by atoms with Gasteiger partial charge in [-0.25, -0.2) is 9.97 Å². The lowest BCUT2D eigenvalue weighted by molar-refractivity contribution is 0.0945. The first-order chi connectivity index (χ1) is 16.0. The molecule has 1 aromatic carbocycles. The number of imidazole rings is 1. The van der Waals surface area contributed by atoms with Crippen molar-refractivity contribution in [1.82, 2.24) is 24.1 Å². The lowest BCUT2D eigenvalue weighted by atomic mass is 10.2. The summed E-state index contributed by atoms with van der Waals surface area (Å²) in [7, 11) is 0. The third-order valence-electron chi connectivity index (χ3n) is 5.12. The molecule has 4 aromatic heterocycles. The van der Waals surface area contributed by atoms with Gasteiger partial charge in [-0.05, 0) is 42.0 Å². The first-order valence-electron chi connectivity index (χ1n) is 10.3. The number of nitrogens with zero attached hydrogens (tertiary/aromatic N) is 4. The van der Waals surface area contributed by atoms with Crippen molar-refractivity contribution in [2.75, 3.05) is 5.32 Å². The minimum atomic E-state index is -0.429. The van der Waals surface area contributed by atoms with Crippen molar-refractivity contribution in [3.05, 3.63) is 112 Å². The van der Waals surface area contributed by atoms with Gasteiger partial charge in [0, 0.05) is 41.9 Å². The molecule has 0 spiro atoms. The molecule has 0 fully saturated rings. The molecule has 0 aliphatic rings. The van der Waals surface area contributed by atoms with Gasteiger partial charge in [0.25, 0.3) is 11.5 Å². The standard InChI is InChI=1S/C24H19ClN6O2/c25-17-4-3-5-18(10-17)26-12-16-7-8-21-28-19(15-30(21)14-16)13-27-24(33)20-11-23(32)31-9-2-1-6-22(31)29-20/h1-11,14-15,26H,12-13H2,(H,27,33). The van der Waals surface area contributed by atoms with E-state index >= 15 is 0 Å². The van der Waals surface area contributed by atoms with Crippen molar-refractivity contribution < 1.29 is 4.79 Å². The quantitative estimate of drug-likeness (QED) is 0.406. The van der Waals surface area contributed by atoms with Crippen LogP contribution >= 0.6 is 11.6 Å². The number of rotatable bonds is 6. The third kappa shape index (κ3) is 4.56. The summed E-state index contributed by atoms with van der Waals surface area (Å²) in [6, 6.07) is 17.9. The van der Waals surface area contributed by atoms with Crippen LogP contribution in [0, 0.1) is 0 Å². The molecule has 0 radical (unpaired) electrons. The number of benzene rings is 1. The Hall–Kier alpha value is -4.17. The topological polar surface area (TPSA) is 92.8 Å². The molecule has 2 N–H and O–H groups in total. The van der Waals surface area contributed by atoms with Gasteiger partial charge in [0.15, 0.2) is 0 Å². The van der Waals surface area contributed by atoms with Crippen LogP contribution in [0.2, 0.25) is 5.02 Å². The predicted octanol–water partition coefficient (Wildman–Crippen LogP) is 3.54. The Balaban J connectivity index is 1.26. The summed E-state index contributed by atoms with van der Waals surface area (Å²) in [5.41, 5.74) is 3.66. The second kappa shape index (κ2) is 8.76. The van der Waals surface area contributed by atoms with Gasteiger partial charge in [-0.1, -0.05) is 29.8 Å². The Morgan fingerprint density at radius 1 is 0.939 bits per heavy atom. The van der Waals surface area contributed by atoms with E-state index in [1.807, 2.05) is 53.2 Å². The Morgan fingerprint density at radius 2 is 1.85 bits per heavy atom. The minimum Gasteiger partial charge on any atom is -0.381 e. The molecular formula is C24H19ClN6O2. The second-order valence-corrected chi connectivity index (χ2v) is 7.93. The number of halogens is 1. The van der Waals surface area contributed by atoms with Crippen LogP contribution in [0.15, 0.2) is 84.0 Å². The summed E-state index contributed by atoms with van der Waals surface area (Å²) in [6.07, 6.45) is 5.46. The van der Waals surface area contributed by atoms with E-state index in [0.717, 1.165) is 16.9 Å². The smallest absolute Gasteiger partial charge is 0.270 e. The molecular weight excluding hydrogens is 440 g/mol. The highest BCUT2D eigenvalue weighted by molar-refractivity contribution is 6.30. The molecule has 4 heterocycles. The van der Waals surface area contributed by atoms with Crippen LogP contribution in [0.5, 0.6) is 0 Å². The van der Waals surface area contributed by atoms with Gasteiger partial charge >= 0.3 is 0 Å². The van der Waals surface area contributed by atoms with Crippen LogP contribution in [-0.2, 0) is 13.1 Å². The van der Waals surface area contributed by atoms with E-state index in [1.54, 1.807) is 24.4 Å². The predicted molar refractivity (Wildman–Crippen MR) is 127 cm³/mol. The maximum atomic E-state index is 12.6. The van der Waals surface area contributed by atoms with Crippen molar-refractivity contribution >= 4 is 34.5 Å². The summed E-state index contributed by atoms with van der Waals surface area (Å²) < 4.78 is 3.30. The zero-order valence-electron chi connectivity index (χ0n) is 17.4. The van der Waals surface area contributed by atoms with E-state index < -0.39 is 5.91 Å². The molecule has 5 aromatic rings. The van der Waals surface area contributed by atoms with E-state index in [1.165, 1.54) is 10.5 Å². The molecule has 0 saturated heterocycles. The first-order valence-corrected chi connectivity index (χ1v) is 10.7. The highest BCUT2D eigenvalue weighted by atomic mass is 35.5. The number of pyridine rings is 2. The number of hydrogen-bond donors (Lipinski definition) is 2. The van der Waals surface area contributed by atoms with Crippen LogP contribution in [-0.4, -0.2) is 24.7 Å². The average Bonchev–Trinajstić information content (AvgIpc) is 3.23. The number of anilines is 1. The Kier molecular flexibility index (Phi) is 5.50. The highest BCUT2D eigenvalue weighted by Crippen LogP contribution is 2.16. The normalized spacial score (nSPS) is 11.1. The minimum absolute atomic E-state index is 0.0735. The Morgan fingerprint density at radius 3 is 2.73 bits per heavy atom. The number of carbonyl (C=O) groups excluding carboxylic acids is 1. The number of fused-ring (bicyclic) bond motifs is 2. The van der Waals surface area contributed by atoms with Crippen molar-refractivity contribution in [3.63, 3.8) is 0 Å². The molecule has 0 saturated carbocycles. The van der Waals surface area contributed by atoms with Crippen molar-refractivity contribution in [3.8, 4) is 0 Å². The number of amides is 1. The number of aromatic nitrogens is 4. The number of carbonyl (C=O) groups is 1. The van der Waals surface area contributed by atoms with Crippen LogP contribution in [0.4, 0.5) is 5.69 Å². The largest absolute Gasteiger partial charge is 0.381 e. The number of nitrogens with one attached hydrogen (secondary N) is 2. The molecule has 164 valence electrons. The molecule has 0 unspecified atom stereocenters. The number of hydrogen-bond acceptors (Lipinski definition) is 5. The molecule has 5 rings (SSSR count). The summed E-state index contributed by atoms with van der Waals surface area (Å²) in [4.78, 5) is 33.6. The van der Waals surface area contributed by atoms with E-state index in [2.05, 4.69) is 20.6 Å². The second-order valence-electron chi connectivity index (χ2n) is 7.49.